The van der Waals surface area contributed by atoms with E-state index in [0.717, 1.165) is 5.69 Å². The predicted octanol–water partition coefficient (Wildman–Crippen LogP) is 2.41. The lowest BCUT2D eigenvalue weighted by molar-refractivity contribution is 0.0702. The summed E-state index contributed by atoms with van der Waals surface area (Å²) in [5.41, 5.74) is 1.32. The van der Waals surface area contributed by atoms with Gasteiger partial charge in [-0.3, -0.25) is 0 Å². The molecule has 0 bridgehead atoms. The first-order chi connectivity index (χ1) is 6.68. The number of hydrogen-bond acceptors (Lipinski definition) is 4. The van der Waals surface area contributed by atoms with Gasteiger partial charge < -0.3 is 9.63 Å². The number of aromatic carboxylic acids is 1. The first-order valence-corrected chi connectivity index (χ1v) is 4.81. The zero-order valence-corrected chi connectivity index (χ0v) is 8.17. The van der Waals surface area contributed by atoms with Crippen molar-refractivity contribution in [2.75, 3.05) is 0 Å². The third-order valence-electron chi connectivity index (χ3n) is 1.75. The summed E-state index contributed by atoms with van der Waals surface area (Å²) in [6, 6.07) is 3.43. The minimum Gasteiger partial charge on any atom is -0.477 e. The van der Waals surface area contributed by atoms with Crippen LogP contribution in [-0.4, -0.2) is 16.2 Å². The summed E-state index contributed by atoms with van der Waals surface area (Å²) in [6.45, 7) is 1.79. The van der Waals surface area contributed by atoms with Gasteiger partial charge in [0.15, 0.2) is 5.76 Å². The molecule has 0 aliphatic rings. The van der Waals surface area contributed by atoms with Crippen molar-refractivity contribution in [3.05, 3.63) is 28.1 Å². The second-order valence-corrected chi connectivity index (χ2v) is 3.72. The van der Waals surface area contributed by atoms with E-state index >= 15 is 0 Å². The van der Waals surface area contributed by atoms with Gasteiger partial charge >= 0.3 is 5.97 Å². The summed E-state index contributed by atoms with van der Waals surface area (Å²) in [5, 5.41) is 14.3. The molecule has 2 heterocycles. The average Bonchev–Trinajstić information content (AvgIpc) is 2.70. The maximum Gasteiger partial charge on any atom is 0.346 e. The van der Waals surface area contributed by atoms with Gasteiger partial charge in [-0.25, -0.2) is 4.79 Å². The van der Waals surface area contributed by atoms with E-state index in [-0.39, 0.29) is 4.88 Å². The molecule has 2 aromatic rings. The third-order valence-corrected chi connectivity index (χ3v) is 2.66. The topological polar surface area (TPSA) is 63.3 Å². The van der Waals surface area contributed by atoms with Gasteiger partial charge in [-0.15, -0.1) is 11.3 Å². The SMILES string of the molecule is Cc1cc(-c2ccsc2C(=O)O)on1. The van der Waals surface area contributed by atoms with Crippen molar-refractivity contribution in [3.63, 3.8) is 0 Å². The van der Waals surface area contributed by atoms with Crippen LogP contribution in [0.1, 0.15) is 15.4 Å². The van der Waals surface area contributed by atoms with Crippen molar-refractivity contribution >= 4 is 17.3 Å². The van der Waals surface area contributed by atoms with Crippen LogP contribution in [0, 0.1) is 6.92 Å². The van der Waals surface area contributed by atoms with Crippen LogP contribution >= 0.6 is 11.3 Å². The fourth-order valence-electron chi connectivity index (χ4n) is 1.16. The van der Waals surface area contributed by atoms with Gasteiger partial charge in [0.2, 0.25) is 0 Å². The third kappa shape index (κ3) is 1.42. The van der Waals surface area contributed by atoms with Crippen molar-refractivity contribution in [2.24, 2.45) is 0 Å². The Bertz CT molecular complexity index is 472. The molecule has 4 nitrogen and oxygen atoms in total. The summed E-state index contributed by atoms with van der Waals surface area (Å²) >= 11 is 1.17. The lowest BCUT2D eigenvalue weighted by atomic mass is 10.2. The number of hydrogen-bond donors (Lipinski definition) is 1. The lowest BCUT2D eigenvalue weighted by Crippen LogP contribution is -1.93. The van der Waals surface area contributed by atoms with Crippen molar-refractivity contribution in [1.29, 1.82) is 0 Å². The number of nitrogens with zero attached hydrogens (tertiary/aromatic N) is 1. The Hall–Kier alpha value is -1.62. The fourth-order valence-corrected chi connectivity index (χ4v) is 1.90. The molecule has 0 radical (unpaired) electrons. The first-order valence-electron chi connectivity index (χ1n) is 3.93. The Morgan fingerprint density at radius 1 is 1.64 bits per heavy atom. The summed E-state index contributed by atoms with van der Waals surface area (Å²) < 4.78 is 4.99. The van der Waals surface area contributed by atoms with Crippen LogP contribution in [0.3, 0.4) is 0 Å². The summed E-state index contributed by atoms with van der Waals surface area (Å²) in [5.74, 6) is -0.440. The van der Waals surface area contributed by atoms with Crippen LogP contribution in [0.15, 0.2) is 22.0 Å². The van der Waals surface area contributed by atoms with E-state index in [1.807, 2.05) is 0 Å². The zero-order chi connectivity index (χ0) is 10.1. The van der Waals surface area contributed by atoms with Gasteiger partial charge in [0, 0.05) is 11.6 Å². The number of carboxylic acids is 1. The monoisotopic (exact) mass is 209 g/mol. The summed E-state index contributed by atoms with van der Waals surface area (Å²) in [7, 11) is 0. The molecule has 2 aromatic heterocycles. The van der Waals surface area contributed by atoms with Crippen LogP contribution in [0.25, 0.3) is 11.3 Å². The smallest absolute Gasteiger partial charge is 0.346 e. The van der Waals surface area contributed by atoms with Gasteiger partial charge in [0.1, 0.15) is 4.88 Å². The Balaban J connectivity index is 2.51. The first kappa shape index (κ1) is 8.96. The van der Waals surface area contributed by atoms with E-state index in [1.165, 1.54) is 11.3 Å². The summed E-state index contributed by atoms with van der Waals surface area (Å²) in [4.78, 5) is 11.1. The second kappa shape index (κ2) is 3.26. The van der Waals surface area contributed by atoms with E-state index in [2.05, 4.69) is 5.16 Å². The molecular weight excluding hydrogens is 202 g/mol. The number of thiophene rings is 1. The molecule has 0 unspecified atom stereocenters. The molecule has 5 heteroatoms. The molecule has 0 amide bonds. The Labute approximate surface area is 83.8 Å². The Morgan fingerprint density at radius 2 is 2.43 bits per heavy atom. The van der Waals surface area contributed by atoms with Gasteiger partial charge in [-0.2, -0.15) is 0 Å². The molecule has 0 saturated heterocycles. The van der Waals surface area contributed by atoms with Crippen molar-refractivity contribution in [1.82, 2.24) is 5.16 Å². The molecule has 0 fully saturated rings. The predicted molar refractivity (Wildman–Crippen MR) is 51.5 cm³/mol. The van der Waals surface area contributed by atoms with Gasteiger partial charge in [0.25, 0.3) is 0 Å². The lowest BCUT2D eigenvalue weighted by Gasteiger charge is -1.92. The number of aryl methyl sites for hydroxylation is 1. The second-order valence-electron chi connectivity index (χ2n) is 2.80. The highest BCUT2D eigenvalue weighted by atomic mass is 32.1. The molecule has 0 saturated carbocycles. The molecule has 0 aliphatic heterocycles. The Kier molecular flexibility index (Phi) is 2.09. The van der Waals surface area contributed by atoms with Crippen LogP contribution in [0.4, 0.5) is 0 Å². The maximum absolute atomic E-state index is 10.8. The number of rotatable bonds is 2. The molecule has 0 aliphatic carbocycles. The van der Waals surface area contributed by atoms with E-state index in [1.54, 1.807) is 24.4 Å². The van der Waals surface area contributed by atoms with E-state index in [9.17, 15) is 4.79 Å². The zero-order valence-electron chi connectivity index (χ0n) is 7.35. The van der Waals surface area contributed by atoms with Crippen molar-refractivity contribution < 1.29 is 14.4 Å². The van der Waals surface area contributed by atoms with Crippen molar-refractivity contribution in [2.45, 2.75) is 6.92 Å². The highest BCUT2D eigenvalue weighted by molar-refractivity contribution is 7.12. The van der Waals surface area contributed by atoms with Gasteiger partial charge in [-0.05, 0) is 18.4 Å². The highest BCUT2D eigenvalue weighted by Crippen LogP contribution is 2.28. The van der Waals surface area contributed by atoms with Crippen LogP contribution < -0.4 is 0 Å². The molecule has 0 aromatic carbocycles. The normalized spacial score (nSPS) is 10.4. The van der Waals surface area contributed by atoms with E-state index < -0.39 is 5.97 Å². The van der Waals surface area contributed by atoms with Crippen molar-refractivity contribution in [3.8, 4) is 11.3 Å². The minimum absolute atomic E-state index is 0.279. The largest absolute Gasteiger partial charge is 0.477 e. The molecule has 72 valence electrons. The van der Waals surface area contributed by atoms with Gasteiger partial charge in [0.05, 0.1) is 5.69 Å². The number of aromatic nitrogens is 1. The summed E-state index contributed by atoms with van der Waals surface area (Å²) in [6.07, 6.45) is 0. The van der Waals surface area contributed by atoms with Gasteiger partial charge in [-0.1, -0.05) is 5.16 Å². The van der Waals surface area contributed by atoms with E-state index in [4.69, 9.17) is 9.63 Å². The quantitative estimate of drug-likeness (QED) is 0.824. The molecule has 0 spiro atoms. The molecular formula is C9H7NO3S. The molecule has 0 atom stereocenters. The maximum atomic E-state index is 10.8. The molecule has 1 N–H and O–H groups in total. The van der Waals surface area contributed by atoms with Crippen LogP contribution in [0.2, 0.25) is 0 Å². The number of carbonyl (C=O) groups is 1. The molecule has 2 rings (SSSR count). The van der Waals surface area contributed by atoms with E-state index in [0.29, 0.717) is 11.3 Å². The highest BCUT2D eigenvalue weighted by Gasteiger charge is 2.16. The molecule has 14 heavy (non-hydrogen) atoms. The number of carboxylic acid groups (broad SMARTS) is 1. The fraction of sp³-hybridized carbons (Fsp3) is 0.111. The average molecular weight is 209 g/mol. The Morgan fingerprint density at radius 3 is 3.00 bits per heavy atom. The minimum atomic E-state index is -0.941. The standard InChI is InChI=1S/C9H7NO3S/c1-5-4-7(13-10-5)6-2-3-14-8(6)9(11)12/h2-4H,1H3,(H,11,12). The van der Waals surface area contributed by atoms with Crippen LogP contribution in [0.5, 0.6) is 0 Å². The van der Waals surface area contributed by atoms with Crippen LogP contribution in [-0.2, 0) is 0 Å².